The highest BCUT2D eigenvalue weighted by Gasteiger charge is 2.16. The van der Waals surface area contributed by atoms with Gasteiger partial charge in [-0.25, -0.2) is 0 Å². The molecule has 2 aromatic carbocycles. The molecule has 2 nitrogen and oxygen atoms in total. The molecular formula is C22H26O2. The number of aromatic hydroxyl groups is 2. The first-order chi connectivity index (χ1) is 11.6. The van der Waals surface area contributed by atoms with E-state index in [1.165, 1.54) is 11.1 Å². The van der Waals surface area contributed by atoms with E-state index in [1.807, 2.05) is 12.1 Å². The van der Waals surface area contributed by atoms with E-state index in [1.54, 1.807) is 24.3 Å². The highest BCUT2D eigenvalue weighted by Crippen LogP contribution is 2.34. The lowest BCUT2D eigenvalue weighted by molar-refractivity contribution is 0.469. The van der Waals surface area contributed by atoms with E-state index in [-0.39, 0.29) is 5.92 Å². The van der Waals surface area contributed by atoms with Gasteiger partial charge in [-0.15, -0.1) is 13.2 Å². The van der Waals surface area contributed by atoms with E-state index in [9.17, 15) is 10.2 Å². The van der Waals surface area contributed by atoms with Crippen LogP contribution in [0.4, 0.5) is 0 Å². The van der Waals surface area contributed by atoms with Gasteiger partial charge in [-0.05, 0) is 53.6 Å². The van der Waals surface area contributed by atoms with Crippen molar-refractivity contribution in [3.05, 3.63) is 84.0 Å². The van der Waals surface area contributed by atoms with Gasteiger partial charge in [-0.2, -0.15) is 0 Å². The van der Waals surface area contributed by atoms with E-state index < -0.39 is 0 Å². The van der Waals surface area contributed by atoms with Crippen molar-refractivity contribution in [1.29, 1.82) is 0 Å². The number of hydrogen-bond donors (Lipinski definition) is 2. The maximum Gasteiger partial charge on any atom is 0.119 e. The minimum absolute atomic E-state index is 0.239. The zero-order valence-corrected chi connectivity index (χ0v) is 14.3. The second kappa shape index (κ2) is 8.39. The molecule has 0 aliphatic carbocycles. The summed E-state index contributed by atoms with van der Waals surface area (Å²) in [5.41, 5.74) is 4.16. The third-order valence-electron chi connectivity index (χ3n) is 4.32. The molecule has 126 valence electrons. The molecule has 0 amide bonds. The van der Waals surface area contributed by atoms with Gasteiger partial charge in [0.15, 0.2) is 0 Å². The average Bonchev–Trinajstić information content (AvgIpc) is 2.57. The SMILES string of the molecule is C=CCc1cc(C(CCC)c2ccc(O)c(CC=C)c2)ccc1O. The predicted molar refractivity (Wildman–Crippen MR) is 101 cm³/mol. The van der Waals surface area contributed by atoms with Crippen LogP contribution in [0.5, 0.6) is 11.5 Å². The Balaban J connectivity index is 2.46. The first kappa shape index (κ1) is 17.9. The lowest BCUT2D eigenvalue weighted by atomic mass is 9.85. The Morgan fingerprint density at radius 3 is 1.71 bits per heavy atom. The second-order valence-electron chi connectivity index (χ2n) is 6.10. The van der Waals surface area contributed by atoms with Gasteiger partial charge in [0.2, 0.25) is 0 Å². The van der Waals surface area contributed by atoms with Crippen molar-refractivity contribution in [2.24, 2.45) is 0 Å². The van der Waals surface area contributed by atoms with Crippen LogP contribution in [0.1, 0.15) is 47.9 Å². The number of hydrogen-bond acceptors (Lipinski definition) is 2. The van der Waals surface area contributed by atoms with Crippen molar-refractivity contribution in [3.63, 3.8) is 0 Å². The Kier molecular flexibility index (Phi) is 6.25. The molecule has 0 aliphatic rings. The van der Waals surface area contributed by atoms with Gasteiger partial charge >= 0.3 is 0 Å². The van der Waals surface area contributed by atoms with Crippen molar-refractivity contribution in [3.8, 4) is 11.5 Å². The molecule has 0 saturated heterocycles. The largest absolute Gasteiger partial charge is 0.508 e. The second-order valence-corrected chi connectivity index (χ2v) is 6.10. The fourth-order valence-electron chi connectivity index (χ4n) is 3.10. The fraction of sp³-hybridized carbons (Fsp3) is 0.273. The number of phenolic OH excluding ortho intramolecular Hbond substituents is 2. The van der Waals surface area contributed by atoms with E-state index in [2.05, 4.69) is 32.2 Å². The van der Waals surface area contributed by atoms with Crippen LogP contribution in [-0.4, -0.2) is 10.2 Å². The first-order valence-corrected chi connectivity index (χ1v) is 8.46. The van der Waals surface area contributed by atoms with Crippen LogP contribution in [0.2, 0.25) is 0 Å². The van der Waals surface area contributed by atoms with Gasteiger partial charge in [0.05, 0.1) is 0 Å². The molecule has 2 aromatic rings. The first-order valence-electron chi connectivity index (χ1n) is 8.46. The average molecular weight is 322 g/mol. The molecule has 0 spiro atoms. The maximum atomic E-state index is 10.0. The van der Waals surface area contributed by atoms with Crippen molar-refractivity contribution >= 4 is 0 Å². The molecule has 2 rings (SSSR count). The molecule has 0 unspecified atom stereocenters. The summed E-state index contributed by atoms with van der Waals surface area (Å²) in [7, 11) is 0. The molecular weight excluding hydrogens is 296 g/mol. The molecule has 0 aliphatic heterocycles. The number of allylic oxidation sites excluding steroid dienone is 2. The standard InChI is InChI=1S/C22H26O2/c1-4-7-18-14-16(10-12-21(18)23)20(9-6-3)17-11-13-22(24)19(15-17)8-5-2/h4-5,10-15,20,23-24H,1-2,6-9H2,3H3. The van der Waals surface area contributed by atoms with Gasteiger partial charge in [0.25, 0.3) is 0 Å². The Hall–Kier alpha value is -2.48. The lowest BCUT2D eigenvalue weighted by Crippen LogP contribution is -2.03. The number of rotatable bonds is 8. The summed E-state index contributed by atoms with van der Waals surface area (Å²) in [6, 6.07) is 11.6. The van der Waals surface area contributed by atoms with Crippen LogP contribution in [0.15, 0.2) is 61.7 Å². The topological polar surface area (TPSA) is 40.5 Å². The van der Waals surface area contributed by atoms with Crippen LogP contribution < -0.4 is 0 Å². The van der Waals surface area contributed by atoms with E-state index >= 15 is 0 Å². The van der Waals surface area contributed by atoms with Gasteiger partial charge in [-0.3, -0.25) is 0 Å². The number of benzene rings is 2. The van der Waals surface area contributed by atoms with Crippen LogP contribution in [0.3, 0.4) is 0 Å². The highest BCUT2D eigenvalue weighted by atomic mass is 16.3. The molecule has 0 radical (unpaired) electrons. The zero-order chi connectivity index (χ0) is 17.5. The van der Waals surface area contributed by atoms with Gasteiger partial charge in [-0.1, -0.05) is 49.8 Å². The smallest absolute Gasteiger partial charge is 0.119 e. The van der Waals surface area contributed by atoms with E-state index in [0.717, 1.165) is 24.0 Å². The Morgan fingerprint density at radius 2 is 1.33 bits per heavy atom. The van der Waals surface area contributed by atoms with Crippen LogP contribution in [0, 0.1) is 0 Å². The summed E-state index contributed by atoms with van der Waals surface area (Å²) in [6.07, 6.45) is 6.97. The normalized spacial score (nSPS) is 10.8. The minimum atomic E-state index is 0.239. The quantitative estimate of drug-likeness (QED) is 0.631. The van der Waals surface area contributed by atoms with Gasteiger partial charge in [0.1, 0.15) is 11.5 Å². The summed E-state index contributed by atoms with van der Waals surface area (Å²) in [4.78, 5) is 0. The van der Waals surface area contributed by atoms with Gasteiger partial charge < -0.3 is 10.2 Å². The monoisotopic (exact) mass is 322 g/mol. The third kappa shape index (κ3) is 4.08. The summed E-state index contributed by atoms with van der Waals surface area (Å²) in [6.45, 7) is 9.69. The van der Waals surface area contributed by atoms with Crippen LogP contribution >= 0.6 is 0 Å². The molecule has 0 saturated carbocycles. The molecule has 2 heteroatoms. The molecule has 24 heavy (non-hydrogen) atoms. The van der Waals surface area contributed by atoms with Crippen molar-refractivity contribution in [1.82, 2.24) is 0 Å². The fourth-order valence-corrected chi connectivity index (χ4v) is 3.10. The maximum absolute atomic E-state index is 10.0. The van der Waals surface area contributed by atoms with Crippen molar-refractivity contribution < 1.29 is 10.2 Å². The van der Waals surface area contributed by atoms with Crippen molar-refractivity contribution in [2.75, 3.05) is 0 Å². The Morgan fingerprint density at radius 1 is 0.875 bits per heavy atom. The third-order valence-corrected chi connectivity index (χ3v) is 4.32. The van der Waals surface area contributed by atoms with Crippen LogP contribution in [-0.2, 0) is 12.8 Å². The zero-order valence-electron chi connectivity index (χ0n) is 14.3. The summed E-state index contributed by atoms with van der Waals surface area (Å²) in [5.74, 6) is 0.863. The Bertz CT molecular complexity index is 656. The van der Waals surface area contributed by atoms with Crippen molar-refractivity contribution in [2.45, 2.75) is 38.5 Å². The lowest BCUT2D eigenvalue weighted by Gasteiger charge is -2.20. The summed E-state index contributed by atoms with van der Waals surface area (Å²) < 4.78 is 0. The van der Waals surface area contributed by atoms with Crippen LogP contribution in [0.25, 0.3) is 0 Å². The molecule has 0 atom stereocenters. The highest BCUT2D eigenvalue weighted by molar-refractivity contribution is 5.45. The minimum Gasteiger partial charge on any atom is -0.508 e. The molecule has 2 N–H and O–H groups in total. The van der Waals surface area contributed by atoms with E-state index in [4.69, 9.17) is 0 Å². The summed E-state index contributed by atoms with van der Waals surface area (Å²) >= 11 is 0. The Labute approximate surface area is 144 Å². The molecule has 0 aromatic heterocycles. The predicted octanol–water partition coefficient (Wildman–Crippen LogP) is 5.49. The van der Waals surface area contributed by atoms with E-state index in [0.29, 0.717) is 24.3 Å². The van der Waals surface area contributed by atoms with Gasteiger partial charge in [0, 0.05) is 5.92 Å². The molecule has 0 bridgehead atoms. The molecule has 0 fully saturated rings. The summed E-state index contributed by atoms with van der Waals surface area (Å²) in [5, 5.41) is 20.0. The molecule has 0 heterocycles. The number of phenols is 2.